The molecular weight excluding hydrogens is 138 g/mol. The Balaban J connectivity index is 2.23. The largest absolute Gasteiger partial charge is 0.411 e. The molecule has 3 aliphatic carbocycles. The van der Waals surface area contributed by atoms with E-state index in [2.05, 4.69) is 19.0 Å². The van der Waals surface area contributed by atoms with Gasteiger partial charge in [0.15, 0.2) is 0 Å². The van der Waals surface area contributed by atoms with Crippen LogP contribution in [0.3, 0.4) is 0 Å². The number of hydrogen-bond acceptors (Lipinski definition) is 2. The molecule has 1 N–H and O–H groups in total. The van der Waals surface area contributed by atoms with Gasteiger partial charge in [-0.3, -0.25) is 0 Å². The van der Waals surface area contributed by atoms with E-state index in [1.165, 1.54) is 12.8 Å². The molecule has 2 bridgehead atoms. The molecule has 0 aromatic heterocycles. The summed E-state index contributed by atoms with van der Waals surface area (Å²) in [5, 5.41) is 12.1. The van der Waals surface area contributed by atoms with Gasteiger partial charge in [-0.05, 0) is 30.6 Å². The van der Waals surface area contributed by atoms with Gasteiger partial charge < -0.3 is 5.21 Å². The second-order valence-electron chi connectivity index (χ2n) is 4.44. The smallest absolute Gasteiger partial charge is 0.0607 e. The monoisotopic (exact) mass is 153 g/mol. The molecule has 0 aromatic carbocycles. The van der Waals surface area contributed by atoms with Crippen molar-refractivity contribution in [2.45, 2.75) is 33.1 Å². The highest BCUT2D eigenvalue weighted by Gasteiger charge is 2.53. The first kappa shape index (κ1) is 7.14. The van der Waals surface area contributed by atoms with E-state index in [0.717, 1.165) is 18.1 Å². The Bertz CT molecular complexity index is 206. The average molecular weight is 153 g/mol. The Hall–Kier alpha value is -0.530. The fourth-order valence-corrected chi connectivity index (χ4v) is 2.69. The fourth-order valence-electron chi connectivity index (χ4n) is 2.69. The molecule has 0 heterocycles. The van der Waals surface area contributed by atoms with Crippen molar-refractivity contribution in [3.63, 3.8) is 0 Å². The van der Waals surface area contributed by atoms with Crippen molar-refractivity contribution in [1.29, 1.82) is 0 Å². The molecule has 3 aliphatic rings. The molecule has 3 fully saturated rings. The summed E-state index contributed by atoms with van der Waals surface area (Å²) >= 11 is 0. The predicted octanol–water partition coefficient (Wildman–Crippen LogP) is 2.27. The van der Waals surface area contributed by atoms with E-state index in [0.29, 0.717) is 11.3 Å². The molecule has 0 unspecified atom stereocenters. The van der Waals surface area contributed by atoms with Crippen LogP contribution in [0.2, 0.25) is 0 Å². The molecule has 2 atom stereocenters. The van der Waals surface area contributed by atoms with Crippen molar-refractivity contribution in [3.05, 3.63) is 0 Å². The van der Waals surface area contributed by atoms with Crippen LogP contribution in [0.5, 0.6) is 0 Å². The first-order valence-electron chi connectivity index (χ1n) is 4.37. The minimum atomic E-state index is 0.416. The molecule has 0 aromatic rings. The normalized spacial score (nSPS) is 43.6. The van der Waals surface area contributed by atoms with Crippen LogP contribution < -0.4 is 0 Å². The third kappa shape index (κ3) is 0.754. The molecule has 2 nitrogen and oxygen atoms in total. The van der Waals surface area contributed by atoms with Gasteiger partial charge in [0.05, 0.1) is 5.71 Å². The van der Waals surface area contributed by atoms with Crippen LogP contribution in [0.1, 0.15) is 33.1 Å². The molecule has 0 radical (unpaired) electrons. The SMILES string of the molecule is CC1(C)[C@@H]2CC/C(=N\O)[C@H]1C2. The zero-order valence-corrected chi connectivity index (χ0v) is 7.17. The zero-order valence-electron chi connectivity index (χ0n) is 7.17. The molecule has 3 rings (SSSR count). The highest BCUT2D eigenvalue weighted by Crippen LogP contribution is 2.57. The highest BCUT2D eigenvalue weighted by atomic mass is 16.4. The van der Waals surface area contributed by atoms with E-state index in [-0.39, 0.29) is 0 Å². The molecule has 0 aliphatic heterocycles. The summed E-state index contributed by atoms with van der Waals surface area (Å²) in [5.41, 5.74) is 1.46. The average Bonchev–Trinajstić information content (AvgIpc) is 2.04. The molecular formula is C9H15NO. The lowest BCUT2D eigenvalue weighted by atomic mass is 9.48. The summed E-state index contributed by atoms with van der Waals surface area (Å²) < 4.78 is 0. The summed E-state index contributed by atoms with van der Waals surface area (Å²) in [6.07, 6.45) is 3.50. The van der Waals surface area contributed by atoms with Crippen molar-refractivity contribution in [2.24, 2.45) is 22.4 Å². The van der Waals surface area contributed by atoms with Gasteiger partial charge >= 0.3 is 0 Å². The van der Waals surface area contributed by atoms with E-state index in [1.807, 2.05) is 0 Å². The maximum Gasteiger partial charge on any atom is 0.0607 e. The molecule has 3 saturated carbocycles. The van der Waals surface area contributed by atoms with Crippen molar-refractivity contribution < 1.29 is 5.21 Å². The molecule has 0 amide bonds. The number of oxime groups is 1. The van der Waals surface area contributed by atoms with Crippen LogP contribution in [-0.4, -0.2) is 10.9 Å². The van der Waals surface area contributed by atoms with E-state index in [4.69, 9.17) is 5.21 Å². The summed E-state index contributed by atoms with van der Waals surface area (Å²) in [4.78, 5) is 0. The summed E-state index contributed by atoms with van der Waals surface area (Å²) in [7, 11) is 0. The highest BCUT2D eigenvalue weighted by molar-refractivity contribution is 5.89. The Morgan fingerprint density at radius 1 is 1.55 bits per heavy atom. The van der Waals surface area contributed by atoms with Crippen molar-refractivity contribution in [3.8, 4) is 0 Å². The van der Waals surface area contributed by atoms with Gasteiger partial charge in [0.2, 0.25) is 0 Å². The Labute approximate surface area is 67.3 Å². The lowest BCUT2D eigenvalue weighted by Crippen LogP contribution is -2.52. The van der Waals surface area contributed by atoms with Crippen molar-refractivity contribution >= 4 is 5.71 Å². The van der Waals surface area contributed by atoms with Gasteiger partial charge in [0.25, 0.3) is 0 Å². The van der Waals surface area contributed by atoms with Crippen LogP contribution in [0.4, 0.5) is 0 Å². The van der Waals surface area contributed by atoms with Gasteiger partial charge in [-0.1, -0.05) is 19.0 Å². The number of hydrogen-bond donors (Lipinski definition) is 1. The zero-order chi connectivity index (χ0) is 8.06. The lowest BCUT2D eigenvalue weighted by Gasteiger charge is -2.56. The fraction of sp³-hybridized carbons (Fsp3) is 0.889. The van der Waals surface area contributed by atoms with E-state index in [9.17, 15) is 0 Å². The van der Waals surface area contributed by atoms with Crippen LogP contribution in [0, 0.1) is 17.3 Å². The van der Waals surface area contributed by atoms with Crippen molar-refractivity contribution in [1.82, 2.24) is 0 Å². The maximum atomic E-state index is 8.71. The number of fused-ring (bicyclic) bond motifs is 2. The van der Waals surface area contributed by atoms with Gasteiger partial charge in [-0.2, -0.15) is 0 Å². The van der Waals surface area contributed by atoms with Gasteiger partial charge in [-0.25, -0.2) is 0 Å². The second-order valence-corrected chi connectivity index (χ2v) is 4.44. The summed E-state index contributed by atoms with van der Waals surface area (Å²) in [6.45, 7) is 4.58. The van der Waals surface area contributed by atoms with Crippen LogP contribution >= 0.6 is 0 Å². The third-order valence-corrected chi connectivity index (χ3v) is 3.75. The van der Waals surface area contributed by atoms with Gasteiger partial charge in [-0.15, -0.1) is 0 Å². The van der Waals surface area contributed by atoms with E-state index < -0.39 is 0 Å². The quantitative estimate of drug-likeness (QED) is 0.420. The van der Waals surface area contributed by atoms with E-state index >= 15 is 0 Å². The number of nitrogens with zero attached hydrogens (tertiary/aromatic N) is 1. The topological polar surface area (TPSA) is 32.6 Å². The second kappa shape index (κ2) is 1.99. The molecule has 11 heavy (non-hydrogen) atoms. The predicted molar refractivity (Wildman–Crippen MR) is 43.8 cm³/mol. The van der Waals surface area contributed by atoms with Crippen molar-refractivity contribution in [2.75, 3.05) is 0 Å². The standard InChI is InChI=1S/C9H15NO/c1-9(2)6-3-4-8(10-11)7(9)5-6/h6-7,11H,3-5H2,1-2H3/b10-8+/t6-,7-/m1/s1. The molecule has 0 saturated heterocycles. The minimum Gasteiger partial charge on any atom is -0.411 e. The first-order chi connectivity index (χ1) is 5.16. The molecule has 0 spiro atoms. The van der Waals surface area contributed by atoms with Gasteiger partial charge in [0, 0.05) is 5.92 Å². The Kier molecular flexibility index (Phi) is 1.29. The Morgan fingerprint density at radius 3 is 2.64 bits per heavy atom. The van der Waals surface area contributed by atoms with Crippen LogP contribution in [-0.2, 0) is 0 Å². The maximum absolute atomic E-state index is 8.71. The minimum absolute atomic E-state index is 0.416. The molecule has 62 valence electrons. The summed E-state index contributed by atoms with van der Waals surface area (Å²) in [5.74, 6) is 1.46. The summed E-state index contributed by atoms with van der Waals surface area (Å²) in [6, 6.07) is 0. The van der Waals surface area contributed by atoms with E-state index in [1.54, 1.807) is 0 Å². The third-order valence-electron chi connectivity index (χ3n) is 3.75. The molecule has 2 heteroatoms. The number of rotatable bonds is 0. The first-order valence-corrected chi connectivity index (χ1v) is 4.37. The van der Waals surface area contributed by atoms with Crippen LogP contribution in [0.25, 0.3) is 0 Å². The Morgan fingerprint density at radius 2 is 2.27 bits per heavy atom. The van der Waals surface area contributed by atoms with Crippen LogP contribution in [0.15, 0.2) is 5.16 Å². The van der Waals surface area contributed by atoms with Gasteiger partial charge in [0.1, 0.15) is 0 Å². The lowest BCUT2D eigenvalue weighted by molar-refractivity contribution is -0.000989.